The highest BCUT2D eigenvalue weighted by Crippen LogP contribution is 2.32. The lowest BCUT2D eigenvalue weighted by Crippen LogP contribution is -2.31. The number of hydrogen-bond donors (Lipinski definition) is 4. The molecule has 14 heteroatoms. The Morgan fingerprint density at radius 2 is 1.25 bits per heavy atom. The van der Waals surface area contributed by atoms with Crippen LogP contribution in [-0.4, -0.2) is 60.2 Å². The van der Waals surface area contributed by atoms with E-state index in [1.807, 2.05) is 13.8 Å². The van der Waals surface area contributed by atoms with E-state index in [9.17, 15) is 19.2 Å². The van der Waals surface area contributed by atoms with E-state index < -0.39 is 17.8 Å². The van der Waals surface area contributed by atoms with Crippen LogP contribution < -0.4 is 10.8 Å². The van der Waals surface area contributed by atoms with Crippen LogP contribution in [0.1, 0.15) is 181 Å². The second-order valence-electron chi connectivity index (χ2n) is 13.7. The molecule has 0 unspecified atom stereocenters. The normalized spacial score (nSPS) is 16.9. The minimum absolute atomic E-state index is 0.0256. The predicted octanol–water partition coefficient (Wildman–Crippen LogP) is 6.52. The third kappa shape index (κ3) is 13.8. The Balaban J connectivity index is 0.000000264. The molecule has 48 heavy (non-hydrogen) atoms. The van der Waals surface area contributed by atoms with Crippen LogP contribution in [0.15, 0.2) is 9.05 Å². The molecule has 0 spiro atoms. The van der Waals surface area contributed by atoms with Crippen molar-refractivity contribution in [1.82, 2.24) is 31.1 Å². The van der Waals surface area contributed by atoms with Crippen molar-refractivity contribution in [3.05, 3.63) is 23.4 Å². The largest absolute Gasteiger partial charge is 0.481 e. The molecule has 2 atom stereocenters. The summed E-state index contributed by atoms with van der Waals surface area (Å²) in [6.45, 7) is 5.06. The molecule has 2 aromatic rings. The zero-order valence-corrected chi connectivity index (χ0v) is 28.7. The molecule has 0 saturated heterocycles. The summed E-state index contributed by atoms with van der Waals surface area (Å²) in [6.07, 6.45) is 18.6. The third-order valence-electron chi connectivity index (χ3n) is 9.28. The van der Waals surface area contributed by atoms with Gasteiger partial charge in [-0.25, -0.2) is 5.48 Å². The second kappa shape index (κ2) is 20.6. The summed E-state index contributed by atoms with van der Waals surface area (Å²) in [5.41, 5.74) is 1.65. The number of hydrogen-bond acceptors (Lipinski definition) is 11. The van der Waals surface area contributed by atoms with Gasteiger partial charge < -0.3 is 19.5 Å². The number of aromatic nitrogens is 4. The number of rotatable bonds is 17. The number of ketones is 1. The SMILES string of the molecule is CC(=O)c1noc([C@H](CCCC2CCCCC2)CC(=O)O)n1.CC(C)NC(=O)c1noc([C@H](CCCC2CCCCC2)CC(=O)NO)n1. The van der Waals surface area contributed by atoms with Gasteiger partial charge in [0.05, 0.1) is 6.42 Å². The molecule has 2 aliphatic carbocycles. The van der Waals surface area contributed by atoms with Crippen molar-refractivity contribution in [2.24, 2.45) is 11.8 Å². The lowest BCUT2D eigenvalue weighted by atomic mass is 9.84. The molecule has 2 saturated carbocycles. The Labute approximate surface area is 282 Å². The summed E-state index contributed by atoms with van der Waals surface area (Å²) in [6, 6.07) is -0.0316. The van der Waals surface area contributed by atoms with Crippen LogP contribution in [0, 0.1) is 11.8 Å². The number of carbonyl (C=O) groups excluding carboxylic acids is 3. The molecule has 0 bridgehead atoms. The van der Waals surface area contributed by atoms with Gasteiger partial charge in [0, 0.05) is 31.2 Å². The predicted molar refractivity (Wildman–Crippen MR) is 174 cm³/mol. The van der Waals surface area contributed by atoms with Crippen molar-refractivity contribution in [3.63, 3.8) is 0 Å². The number of hydroxylamine groups is 1. The molecular weight excluding hydrogens is 620 g/mol. The van der Waals surface area contributed by atoms with E-state index in [0.717, 1.165) is 37.5 Å². The van der Waals surface area contributed by atoms with Crippen LogP contribution in [0.4, 0.5) is 0 Å². The van der Waals surface area contributed by atoms with Gasteiger partial charge in [0.1, 0.15) is 0 Å². The number of carboxylic acids is 1. The molecule has 2 fully saturated rings. The fourth-order valence-corrected chi connectivity index (χ4v) is 6.73. The van der Waals surface area contributed by atoms with Gasteiger partial charge in [-0.15, -0.1) is 0 Å². The van der Waals surface area contributed by atoms with Crippen molar-refractivity contribution >= 4 is 23.6 Å². The van der Waals surface area contributed by atoms with E-state index in [-0.39, 0.29) is 59.9 Å². The molecule has 268 valence electrons. The first-order valence-corrected chi connectivity index (χ1v) is 17.7. The third-order valence-corrected chi connectivity index (χ3v) is 9.28. The van der Waals surface area contributed by atoms with Gasteiger partial charge in [-0.05, 0) is 38.5 Å². The summed E-state index contributed by atoms with van der Waals surface area (Å²) < 4.78 is 10.3. The fourth-order valence-electron chi connectivity index (χ4n) is 6.73. The van der Waals surface area contributed by atoms with Crippen molar-refractivity contribution in [3.8, 4) is 0 Å². The minimum Gasteiger partial charge on any atom is -0.481 e. The second-order valence-corrected chi connectivity index (χ2v) is 13.7. The van der Waals surface area contributed by atoms with E-state index >= 15 is 0 Å². The maximum Gasteiger partial charge on any atom is 0.304 e. The lowest BCUT2D eigenvalue weighted by molar-refractivity contribution is -0.137. The maximum atomic E-state index is 12.0. The Bertz CT molecular complexity index is 1280. The number of carbonyl (C=O) groups is 4. The van der Waals surface area contributed by atoms with Gasteiger partial charge >= 0.3 is 5.97 Å². The lowest BCUT2D eigenvalue weighted by Gasteiger charge is -2.22. The van der Waals surface area contributed by atoms with E-state index in [1.54, 1.807) is 5.48 Å². The van der Waals surface area contributed by atoms with E-state index in [2.05, 4.69) is 25.6 Å². The summed E-state index contributed by atoms with van der Waals surface area (Å²) in [5, 5.41) is 27.9. The molecule has 4 rings (SSSR count). The molecule has 0 aromatic carbocycles. The number of amides is 2. The van der Waals surface area contributed by atoms with Crippen LogP contribution in [0.2, 0.25) is 0 Å². The van der Waals surface area contributed by atoms with Crippen LogP contribution in [0.25, 0.3) is 0 Å². The van der Waals surface area contributed by atoms with Crippen LogP contribution >= 0.6 is 0 Å². The van der Waals surface area contributed by atoms with Crippen molar-refractivity contribution < 1.29 is 38.5 Å². The smallest absolute Gasteiger partial charge is 0.304 e. The number of Topliss-reactive ketones (excluding diaryl/α,β-unsaturated/α-hetero) is 1. The highest BCUT2D eigenvalue weighted by Gasteiger charge is 2.26. The summed E-state index contributed by atoms with van der Waals surface area (Å²) in [7, 11) is 0. The first kappa shape index (κ1) is 38.8. The quantitative estimate of drug-likeness (QED) is 0.0803. The number of nitrogens with one attached hydrogen (secondary N) is 2. The van der Waals surface area contributed by atoms with Gasteiger partial charge in [-0.3, -0.25) is 24.4 Å². The Morgan fingerprint density at radius 1 is 0.771 bits per heavy atom. The zero-order valence-electron chi connectivity index (χ0n) is 28.7. The number of aliphatic carboxylic acids is 1. The molecule has 2 aromatic heterocycles. The molecule has 4 N–H and O–H groups in total. The summed E-state index contributed by atoms with van der Waals surface area (Å²) in [5.74, 6) is -0.602. The van der Waals surface area contributed by atoms with Gasteiger partial charge in [0.15, 0.2) is 0 Å². The number of nitrogens with zero attached hydrogens (tertiary/aromatic N) is 4. The standard InChI is InChI=1S/C18H30N4O4.C16H24N2O4/c1-12(2)19-17(24)16-20-18(26-22-16)14(11-15(23)21-25)10-6-9-13-7-4-3-5-8-13;1-11(19)15-17-16(22-18-15)13(10-14(20)21)9-5-8-12-6-3-2-4-7-12/h12-14,25H,3-11H2,1-2H3,(H,19,24)(H,21,23);12-13H,2-10H2,1H3,(H,20,21)/t14-;13-/m11/s1. The van der Waals surface area contributed by atoms with Crippen molar-refractivity contribution in [1.29, 1.82) is 0 Å². The number of carboxylic acid groups (broad SMARTS) is 1. The first-order valence-electron chi connectivity index (χ1n) is 17.7. The van der Waals surface area contributed by atoms with Crippen LogP contribution in [0.5, 0.6) is 0 Å². The van der Waals surface area contributed by atoms with Gasteiger partial charge in [-0.1, -0.05) is 100 Å². The monoisotopic (exact) mass is 674 g/mol. The Morgan fingerprint density at radius 3 is 1.69 bits per heavy atom. The van der Waals surface area contributed by atoms with Crippen LogP contribution in [0.3, 0.4) is 0 Å². The van der Waals surface area contributed by atoms with Crippen molar-refractivity contribution in [2.75, 3.05) is 0 Å². The Hall–Kier alpha value is -3.68. The maximum absolute atomic E-state index is 12.0. The highest BCUT2D eigenvalue weighted by molar-refractivity contribution is 5.90. The van der Waals surface area contributed by atoms with Gasteiger partial charge in [-0.2, -0.15) is 9.97 Å². The molecule has 0 radical (unpaired) electrons. The first-order chi connectivity index (χ1) is 23.0. The van der Waals surface area contributed by atoms with Gasteiger partial charge in [0.2, 0.25) is 29.3 Å². The Kier molecular flexibility index (Phi) is 16.7. The van der Waals surface area contributed by atoms with E-state index in [1.165, 1.54) is 71.1 Å². The zero-order chi connectivity index (χ0) is 34.9. The fraction of sp³-hybridized carbons (Fsp3) is 0.765. The molecule has 2 amide bonds. The van der Waals surface area contributed by atoms with E-state index in [0.29, 0.717) is 12.8 Å². The average molecular weight is 675 g/mol. The van der Waals surface area contributed by atoms with E-state index in [4.69, 9.17) is 19.4 Å². The summed E-state index contributed by atoms with van der Waals surface area (Å²) >= 11 is 0. The van der Waals surface area contributed by atoms with Gasteiger partial charge in [0.25, 0.3) is 11.7 Å². The highest BCUT2D eigenvalue weighted by atomic mass is 16.5. The minimum atomic E-state index is -0.884. The van der Waals surface area contributed by atoms with Crippen molar-refractivity contribution in [2.45, 2.75) is 154 Å². The molecule has 14 nitrogen and oxygen atoms in total. The molecule has 0 aliphatic heterocycles. The topological polar surface area (TPSA) is 211 Å². The molecule has 2 aliphatic rings. The summed E-state index contributed by atoms with van der Waals surface area (Å²) in [4.78, 5) is 54.0. The van der Waals surface area contributed by atoms with Crippen LogP contribution in [-0.2, 0) is 9.59 Å². The molecule has 2 heterocycles. The average Bonchev–Trinajstić information content (AvgIpc) is 3.76. The molecular formula is C34H54N6O8.